The number of benzene rings is 1. The lowest BCUT2D eigenvalue weighted by Gasteiger charge is -2.34. The van der Waals surface area contributed by atoms with Crippen molar-refractivity contribution < 1.29 is 4.79 Å². The number of carbonyl (C=O) groups excluding carboxylic acids is 1. The molecule has 0 saturated carbocycles. The van der Waals surface area contributed by atoms with Crippen molar-refractivity contribution in [3.8, 4) is 0 Å². The quantitative estimate of drug-likeness (QED) is 0.824. The lowest BCUT2D eigenvalue weighted by molar-refractivity contribution is -0.127. The summed E-state index contributed by atoms with van der Waals surface area (Å²) in [6, 6.07) is 10.5. The number of halogens is 1. The smallest absolute Gasteiger partial charge is 0.222 e. The van der Waals surface area contributed by atoms with E-state index < -0.39 is 0 Å². The molecule has 2 aliphatic rings. The van der Waals surface area contributed by atoms with Gasteiger partial charge in [-0.1, -0.05) is 23.7 Å². The molecule has 25 heavy (non-hydrogen) atoms. The van der Waals surface area contributed by atoms with Crippen LogP contribution in [0.4, 0.5) is 0 Å². The second-order valence-corrected chi connectivity index (χ2v) is 7.43. The van der Waals surface area contributed by atoms with Gasteiger partial charge in [0.25, 0.3) is 0 Å². The maximum Gasteiger partial charge on any atom is 0.222 e. The van der Waals surface area contributed by atoms with E-state index in [9.17, 15) is 4.79 Å². The summed E-state index contributed by atoms with van der Waals surface area (Å²) in [5.41, 5.74) is 2.52. The van der Waals surface area contributed by atoms with Gasteiger partial charge in [-0.2, -0.15) is 5.10 Å². The second kappa shape index (κ2) is 7.18. The number of carbonyl (C=O) groups is 1. The minimum absolute atomic E-state index is 0.300. The molecule has 2 aromatic rings. The molecule has 4 rings (SSSR count). The molecule has 6 heteroatoms. The maximum absolute atomic E-state index is 11.9. The lowest BCUT2D eigenvalue weighted by atomic mass is 10.1. The summed E-state index contributed by atoms with van der Waals surface area (Å²) >= 11 is 5.99. The van der Waals surface area contributed by atoms with Crippen molar-refractivity contribution in [2.45, 2.75) is 38.4 Å². The molecule has 0 N–H and O–H groups in total. The van der Waals surface area contributed by atoms with Crippen LogP contribution in [0.5, 0.6) is 0 Å². The first-order valence-corrected chi connectivity index (χ1v) is 9.34. The Kier molecular flexibility index (Phi) is 4.77. The van der Waals surface area contributed by atoms with E-state index in [0.29, 0.717) is 18.4 Å². The van der Waals surface area contributed by atoms with Gasteiger partial charge >= 0.3 is 0 Å². The molecule has 1 amide bonds. The van der Waals surface area contributed by atoms with Gasteiger partial charge in [0, 0.05) is 50.4 Å². The average Bonchev–Trinajstić information content (AvgIpc) is 3.23. The molecule has 1 unspecified atom stereocenters. The monoisotopic (exact) mass is 358 g/mol. The Balaban J connectivity index is 1.43. The summed E-state index contributed by atoms with van der Waals surface area (Å²) in [6.07, 6.45) is 4.55. The molecule has 0 bridgehead atoms. The molecule has 1 aromatic carbocycles. The number of aromatic nitrogens is 2. The number of likely N-dealkylation sites (tertiary alicyclic amines) is 1. The number of hydrogen-bond donors (Lipinski definition) is 0. The fourth-order valence-electron chi connectivity index (χ4n) is 3.89. The first-order valence-electron chi connectivity index (χ1n) is 8.96. The Morgan fingerprint density at radius 2 is 2.04 bits per heavy atom. The van der Waals surface area contributed by atoms with Gasteiger partial charge in [0.15, 0.2) is 0 Å². The van der Waals surface area contributed by atoms with Crippen molar-refractivity contribution >= 4 is 17.5 Å². The van der Waals surface area contributed by atoms with Crippen LogP contribution in [0.25, 0.3) is 0 Å². The summed E-state index contributed by atoms with van der Waals surface area (Å²) < 4.78 is 2.15. The van der Waals surface area contributed by atoms with Gasteiger partial charge < -0.3 is 4.90 Å². The molecule has 0 radical (unpaired) electrons. The zero-order valence-electron chi connectivity index (χ0n) is 14.3. The molecule has 1 aromatic heterocycles. The second-order valence-electron chi connectivity index (χ2n) is 6.99. The highest BCUT2D eigenvalue weighted by molar-refractivity contribution is 6.30. The Labute approximate surface area is 153 Å². The largest absolute Gasteiger partial charge is 0.343 e. The highest BCUT2D eigenvalue weighted by Crippen LogP contribution is 2.25. The molecule has 1 fully saturated rings. The minimum Gasteiger partial charge on any atom is -0.343 e. The summed E-state index contributed by atoms with van der Waals surface area (Å²) in [5, 5.41) is 5.30. The van der Waals surface area contributed by atoms with Gasteiger partial charge in [0.05, 0.1) is 11.7 Å². The van der Waals surface area contributed by atoms with Crippen molar-refractivity contribution in [1.82, 2.24) is 19.6 Å². The third-order valence-electron chi connectivity index (χ3n) is 5.18. The van der Waals surface area contributed by atoms with E-state index in [0.717, 1.165) is 50.6 Å². The van der Waals surface area contributed by atoms with Crippen LogP contribution in [-0.2, 0) is 17.9 Å². The highest BCUT2D eigenvalue weighted by Gasteiger charge is 2.27. The molecule has 3 heterocycles. The van der Waals surface area contributed by atoms with Gasteiger partial charge in [-0.05, 0) is 36.6 Å². The first-order chi connectivity index (χ1) is 12.2. The molecule has 0 spiro atoms. The average molecular weight is 359 g/mol. The number of rotatable bonds is 5. The van der Waals surface area contributed by atoms with Crippen LogP contribution in [0.2, 0.25) is 5.02 Å². The van der Waals surface area contributed by atoms with Crippen LogP contribution in [0.15, 0.2) is 36.5 Å². The van der Waals surface area contributed by atoms with Crippen molar-refractivity contribution in [2.75, 3.05) is 19.6 Å². The third-order valence-corrected chi connectivity index (χ3v) is 5.43. The van der Waals surface area contributed by atoms with Gasteiger partial charge in [-0.25, -0.2) is 0 Å². The highest BCUT2D eigenvalue weighted by atomic mass is 35.5. The molecule has 2 aliphatic heterocycles. The van der Waals surface area contributed by atoms with Crippen LogP contribution in [-0.4, -0.2) is 45.1 Å². The van der Waals surface area contributed by atoms with Crippen molar-refractivity contribution in [3.63, 3.8) is 0 Å². The Morgan fingerprint density at radius 3 is 2.80 bits per heavy atom. The number of hydrogen-bond acceptors (Lipinski definition) is 3. The van der Waals surface area contributed by atoms with Gasteiger partial charge in [0.1, 0.15) is 0 Å². The minimum atomic E-state index is 0.300. The van der Waals surface area contributed by atoms with E-state index in [2.05, 4.69) is 32.9 Å². The number of fused-ring (bicyclic) bond motifs is 1. The van der Waals surface area contributed by atoms with E-state index in [-0.39, 0.29) is 0 Å². The van der Waals surface area contributed by atoms with Crippen molar-refractivity contribution in [1.29, 1.82) is 0 Å². The predicted molar refractivity (Wildman–Crippen MR) is 97.3 cm³/mol. The Bertz CT molecular complexity index is 742. The van der Waals surface area contributed by atoms with Gasteiger partial charge in [-0.15, -0.1) is 0 Å². The number of amides is 1. The molecule has 1 atom stereocenters. The van der Waals surface area contributed by atoms with Gasteiger partial charge in [-0.3, -0.25) is 14.4 Å². The third kappa shape index (κ3) is 3.72. The predicted octanol–water partition coefficient (Wildman–Crippen LogP) is 3.11. The summed E-state index contributed by atoms with van der Waals surface area (Å²) in [4.78, 5) is 16.3. The van der Waals surface area contributed by atoms with Crippen LogP contribution < -0.4 is 0 Å². The summed E-state index contributed by atoms with van der Waals surface area (Å²) in [7, 11) is 0. The van der Waals surface area contributed by atoms with Crippen molar-refractivity contribution in [2.24, 2.45) is 0 Å². The Hall–Kier alpha value is -1.85. The zero-order valence-corrected chi connectivity index (χ0v) is 15.0. The first kappa shape index (κ1) is 16.6. The maximum atomic E-state index is 11.9. The van der Waals surface area contributed by atoms with E-state index in [1.165, 1.54) is 11.3 Å². The fraction of sp³-hybridized carbons (Fsp3) is 0.474. The topological polar surface area (TPSA) is 41.4 Å². The zero-order chi connectivity index (χ0) is 17.2. The normalized spacial score (nSPS) is 20.9. The van der Waals surface area contributed by atoms with E-state index in [4.69, 9.17) is 11.6 Å². The molecule has 1 saturated heterocycles. The SMILES string of the molecule is O=C1CCCN1CCC1CN(Cc2ccc(Cl)cc2)Cc2ccnn21. The van der Waals surface area contributed by atoms with E-state index in [1.807, 2.05) is 23.2 Å². The number of nitrogens with zero attached hydrogens (tertiary/aromatic N) is 4. The molecule has 132 valence electrons. The molecular formula is C19H23ClN4O. The van der Waals surface area contributed by atoms with Crippen LogP contribution >= 0.6 is 11.6 Å². The summed E-state index contributed by atoms with van der Waals surface area (Å²) in [5.74, 6) is 0.300. The fourth-order valence-corrected chi connectivity index (χ4v) is 4.02. The standard InChI is InChI=1S/C19H23ClN4O/c20-16-5-3-15(4-6-16)12-22-13-17-7-9-21-24(17)18(14-22)8-11-23-10-1-2-19(23)25/h3-7,9,18H,1-2,8,10-14H2. The van der Waals surface area contributed by atoms with Crippen LogP contribution in [0.1, 0.15) is 36.6 Å². The summed E-state index contributed by atoms with van der Waals surface area (Å²) in [6.45, 7) is 4.51. The Morgan fingerprint density at radius 1 is 1.20 bits per heavy atom. The van der Waals surface area contributed by atoms with E-state index in [1.54, 1.807) is 0 Å². The van der Waals surface area contributed by atoms with Gasteiger partial charge in [0.2, 0.25) is 5.91 Å². The van der Waals surface area contributed by atoms with Crippen LogP contribution in [0, 0.1) is 0 Å². The molecule has 5 nitrogen and oxygen atoms in total. The molecular weight excluding hydrogens is 336 g/mol. The van der Waals surface area contributed by atoms with Crippen molar-refractivity contribution in [3.05, 3.63) is 52.8 Å². The molecule has 0 aliphatic carbocycles. The lowest BCUT2D eigenvalue weighted by Crippen LogP contribution is -2.39. The van der Waals surface area contributed by atoms with E-state index >= 15 is 0 Å². The van der Waals surface area contributed by atoms with Crippen LogP contribution in [0.3, 0.4) is 0 Å².